The average Bonchev–Trinajstić information content (AvgIpc) is 2.92. The van der Waals surface area contributed by atoms with E-state index in [1.807, 2.05) is 0 Å². The largest absolute Gasteiger partial charge is 0.384 e. The van der Waals surface area contributed by atoms with E-state index in [1.165, 1.54) is 11.3 Å². The zero-order chi connectivity index (χ0) is 14.4. The molecular weight excluding hydrogens is 274 g/mol. The summed E-state index contributed by atoms with van der Waals surface area (Å²) in [5.41, 5.74) is 0.761. The van der Waals surface area contributed by atoms with Gasteiger partial charge in [-0.1, -0.05) is 18.8 Å². The Balaban J connectivity index is 1.89. The van der Waals surface area contributed by atoms with Crippen molar-refractivity contribution in [1.82, 2.24) is 5.32 Å². The third-order valence-corrected chi connectivity index (χ3v) is 4.37. The average molecular weight is 293 g/mol. The molecule has 2 N–H and O–H groups in total. The fraction of sp³-hybridized carbons (Fsp3) is 0.533. The number of thiophene rings is 1. The van der Waals surface area contributed by atoms with Gasteiger partial charge in [-0.3, -0.25) is 4.79 Å². The van der Waals surface area contributed by atoms with E-state index in [0.717, 1.165) is 30.9 Å². The maximum absolute atomic E-state index is 12.1. The van der Waals surface area contributed by atoms with Crippen LogP contribution >= 0.6 is 11.3 Å². The van der Waals surface area contributed by atoms with Gasteiger partial charge >= 0.3 is 0 Å². The molecule has 0 unspecified atom stereocenters. The number of hydrogen-bond acceptors (Lipinski definition) is 4. The van der Waals surface area contributed by atoms with Crippen LogP contribution in [-0.2, 0) is 4.74 Å². The quantitative estimate of drug-likeness (QED) is 0.833. The van der Waals surface area contributed by atoms with Crippen LogP contribution in [0.4, 0.5) is 0 Å². The molecule has 1 fully saturated rings. The van der Waals surface area contributed by atoms with Gasteiger partial charge in [0.05, 0.1) is 10.4 Å². The highest BCUT2D eigenvalue weighted by molar-refractivity contribution is 7.10. The number of nitrogens with one attached hydrogen (secondary N) is 1. The summed E-state index contributed by atoms with van der Waals surface area (Å²) >= 11 is 1.41. The van der Waals surface area contributed by atoms with Crippen LogP contribution in [0.5, 0.6) is 0 Å². The molecule has 0 atom stereocenters. The lowest BCUT2D eigenvalue weighted by Gasteiger charge is -2.33. The van der Waals surface area contributed by atoms with Gasteiger partial charge in [0, 0.05) is 25.1 Å². The van der Waals surface area contributed by atoms with Gasteiger partial charge in [0.25, 0.3) is 5.91 Å². The van der Waals surface area contributed by atoms with Crippen molar-refractivity contribution in [3.63, 3.8) is 0 Å². The van der Waals surface area contributed by atoms with Crippen LogP contribution in [0.15, 0.2) is 11.4 Å². The fourth-order valence-corrected chi connectivity index (χ4v) is 2.84. The Labute approximate surface area is 123 Å². The summed E-state index contributed by atoms with van der Waals surface area (Å²) in [5, 5.41) is 13.4. The number of hydrogen-bond donors (Lipinski definition) is 2. The summed E-state index contributed by atoms with van der Waals surface area (Å²) in [4.78, 5) is 12.9. The number of aliphatic hydroxyl groups is 1. The number of aliphatic hydroxyl groups excluding tert-OH is 1. The zero-order valence-electron chi connectivity index (χ0n) is 11.6. The van der Waals surface area contributed by atoms with Crippen LogP contribution in [0.25, 0.3) is 0 Å². The van der Waals surface area contributed by atoms with Crippen molar-refractivity contribution in [3.05, 3.63) is 21.9 Å². The number of amides is 1. The minimum atomic E-state index is -0.167. The molecule has 1 aromatic heterocycles. The molecule has 0 aliphatic carbocycles. The summed E-state index contributed by atoms with van der Waals surface area (Å²) in [6.07, 6.45) is 1.95. The minimum Gasteiger partial charge on any atom is -0.384 e. The first-order valence-electron chi connectivity index (χ1n) is 6.67. The van der Waals surface area contributed by atoms with Crippen molar-refractivity contribution in [2.75, 3.05) is 26.4 Å². The maximum Gasteiger partial charge on any atom is 0.252 e. The lowest BCUT2D eigenvalue weighted by Crippen LogP contribution is -2.39. The summed E-state index contributed by atoms with van der Waals surface area (Å²) in [7, 11) is 0. The first-order valence-corrected chi connectivity index (χ1v) is 7.55. The third-order valence-electron chi connectivity index (χ3n) is 3.53. The molecule has 108 valence electrons. The second-order valence-corrected chi connectivity index (χ2v) is 6.18. The highest BCUT2D eigenvalue weighted by atomic mass is 32.1. The predicted octanol–water partition coefficient (Wildman–Crippen LogP) is 1.64. The maximum atomic E-state index is 12.1. The summed E-state index contributed by atoms with van der Waals surface area (Å²) in [5.74, 6) is 5.32. The van der Waals surface area contributed by atoms with E-state index in [0.29, 0.717) is 12.1 Å². The van der Waals surface area contributed by atoms with Gasteiger partial charge < -0.3 is 15.2 Å². The van der Waals surface area contributed by atoms with E-state index in [4.69, 9.17) is 9.84 Å². The molecule has 0 radical (unpaired) electrons. The van der Waals surface area contributed by atoms with Crippen LogP contribution < -0.4 is 5.32 Å². The van der Waals surface area contributed by atoms with E-state index >= 15 is 0 Å². The van der Waals surface area contributed by atoms with Crippen LogP contribution in [0, 0.1) is 17.3 Å². The predicted molar refractivity (Wildman–Crippen MR) is 78.8 cm³/mol. The minimum absolute atomic E-state index is 0.0639. The molecule has 2 rings (SSSR count). The normalized spacial score (nSPS) is 17.1. The number of rotatable bonds is 3. The van der Waals surface area contributed by atoms with Gasteiger partial charge in [0.2, 0.25) is 0 Å². The molecule has 20 heavy (non-hydrogen) atoms. The SMILES string of the molecule is CC1(CNC(=O)c2csc(C#CCO)c2)CCOCC1. The molecule has 1 aliphatic rings. The molecule has 1 amide bonds. The second kappa shape index (κ2) is 6.89. The Kier molecular flexibility index (Phi) is 5.18. The number of carbonyl (C=O) groups excluding carboxylic acids is 1. The van der Waals surface area contributed by atoms with Crippen molar-refractivity contribution in [1.29, 1.82) is 0 Å². The zero-order valence-corrected chi connectivity index (χ0v) is 12.4. The molecule has 5 heteroatoms. The van der Waals surface area contributed by atoms with E-state index in [2.05, 4.69) is 24.1 Å². The van der Waals surface area contributed by atoms with Crippen molar-refractivity contribution in [2.24, 2.45) is 5.41 Å². The standard InChI is InChI=1S/C15H19NO3S/c1-15(4-7-19-8-5-15)11-16-14(18)12-9-13(20-10-12)3-2-6-17/h9-10,17H,4-8,11H2,1H3,(H,16,18). The first-order chi connectivity index (χ1) is 9.63. The smallest absolute Gasteiger partial charge is 0.252 e. The highest BCUT2D eigenvalue weighted by Crippen LogP contribution is 2.28. The summed E-state index contributed by atoms with van der Waals surface area (Å²) in [6, 6.07) is 1.76. The topological polar surface area (TPSA) is 58.6 Å². The second-order valence-electron chi connectivity index (χ2n) is 5.27. The van der Waals surface area contributed by atoms with Gasteiger partial charge in [0.1, 0.15) is 6.61 Å². The Morgan fingerprint density at radius 1 is 1.55 bits per heavy atom. The molecule has 0 bridgehead atoms. The Hall–Kier alpha value is -1.35. The lowest BCUT2D eigenvalue weighted by molar-refractivity contribution is 0.0238. The van der Waals surface area contributed by atoms with E-state index in [9.17, 15) is 4.79 Å². The Morgan fingerprint density at radius 3 is 3.00 bits per heavy atom. The fourth-order valence-electron chi connectivity index (χ4n) is 2.08. The molecule has 1 aromatic rings. The van der Waals surface area contributed by atoms with Gasteiger partial charge in [0.15, 0.2) is 0 Å². The molecule has 0 aromatic carbocycles. The van der Waals surface area contributed by atoms with Crippen LogP contribution in [0.3, 0.4) is 0 Å². The lowest BCUT2D eigenvalue weighted by atomic mass is 9.82. The van der Waals surface area contributed by atoms with Crippen molar-refractivity contribution in [2.45, 2.75) is 19.8 Å². The summed E-state index contributed by atoms with van der Waals surface area (Å²) < 4.78 is 5.35. The van der Waals surface area contributed by atoms with Crippen molar-refractivity contribution >= 4 is 17.2 Å². The van der Waals surface area contributed by atoms with Crippen molar-refractivity contribution < 1.29 is 14.6 Å². The third kappa shape index (κ3) is 4.07. The van der Waals surface area contributed by atoms with E-state index in [-0.39, 0.29) is 17.9 Å². The highest BCUT2D eigenvalue weighted by Gasteiger charge is 2.27. The Bertz CT molecular complexity index is 521. The molecule has 1 saturated heterocycles. The van der Waals surface area contributed by atoms with E-state index in [1.54, 1.807) is 11.4 Å². The van der Waals surface area contributed by atoms with Crippen molar-refractivity contribution in [3.8, 4) is 11.8 Å². The van der Waals surface area contributed by atoms with Crippen LogP contribution in [0.1, 0.15) is 35.0 Å². The van der Waals surface area contributed by atoms with E-state index < -0.39 is 0 Å². The molecular formula is C15H19NO3S. The monoisotopic (exact) mass is 293 g/mol. The Morgan fingerprint density at radius 2 is 2.30 bits per heavy atom. The van der Waals surface area contributed by atoms with Gasteiger partial charge in [-0.05, 0) is 24.3 Å². The molecule has 0 saturated carbocycles. The molecule has 4 nitrogen and oxygen atoms in total. The number of ether oxygens (including phenoxy) is 1. The molecule has 0 spiro atoms. The first kappa shape index (κ1) is 15.0. The van der Waals surface area contributed by atoms with Gasteiger partial charge in [-0.2, -0.15) is 0 Å². The van der Waals surface area contributed by atoms with Crippen LogP contribution in [-0.4, -0.2) is 37.4 Å². The molecule has 1 aliphatic heterocycles. The van der Waals surface area contributed by atoms with Gasteiger partial charge in [-0.25, -0.2) is 0 Å². The summed E-state index contributed by atoms with van der Waals surface area (Å²) in [6.45, 7) is 4.22. The van der Waals surface area contributed by atoms with Crippen LogP contribution in [0.2, 0.25) is 0 Å². The number of carbonyl (C=O) groups is 1. The molecule has 2 heterocycles. The van der Waals surface area contributed by atoms with Gasteiger partial charge in [-0.15, -0.1) is 11.3 Å².